The van der Waals surface area contributed by atoms with E-state index in [1.807, 2.05) is 12.1 Å². The van der Waals surface area contributed by atoms with E-state index >= 15 is 0 Å². The number of anilines is 1. The number of nitrogens with zero attached hydrogens (tertiary/aromatic N) is 3. The number of likely N-dealkylation sites (tertiary alicyclic amines) is 1. The molecular weight excluding hydrogens is 382 g/mol. The summed E-state index contributed by atoms with van der Waals surface area (Å²) in [6.07, 6.45) is 3.86. The van der Waals surface area contributed by atoms with Crippen LogP contribution in [0.5, 0.6) is 0 Å². The highest BCUT2D eigenvalue weighted by Gasteiger charge is 2.31. The highest BCUT2D eigenvalue weighted by atomic mass is 79.9. The van der Waals surface area contributed by atoms with Crippen LogP contribution in [0.1, 0.15) is 37.7 Å². The summed E-state index contributed by atoms with van der Waals surface area (Å²) < 4.78 is 0.916. The smallest absolute Gasteiger partial charge is 0.240 e. The molecule has 0 saturated carbocycles. The highest BCUT2D eigenvalue weighted by molar-refractivity contribution is 9.10. The Bertz CT molecular complexity index is 694. The van der Waals surface area contributed by atoms with Gasteiger partial charge in [0.05, 0.1) is 23.4 Å². The molecule has 1 heterocycles. The Morgan fingerprint density at radius 3 is 2.96 bits per heavy atom. The van der Waals surface area contributed by atoms with Crippen LogP contribution in [0.15, 0.2) is 22.7 Å². The minimum Gasteiger partial charge on any atom is -0.384 e. The van der Waals surface area contributed by atoms with Crippen molar-refractivity contribution < 1.29 is 4.79 Å². The van der Waals surface area contributed by atoms with Gasteiger partial charge in [-0.25, -0.2) is 0 Å². The van der Waals surface area contributed by atoms with Crippen molar-refractivity contribution in [1.82, 2.24) is 4.90 Å². The second kappa shape index (κ2) is 9.41. The van der Waals surface area contributed by atoms with Crippen LogP contribution < -0.4 is 11.1 Å². The van der Waals surface area contributed by atoms with Gasteiger partial charge in [-0.15, -0.1) is 0 Å². The number of nitrogens with one attached hydrogen (secondary N) is 1. The molecule has 2 rings (SSSR count). The van der Waals surface area contributed by atoms with E-state index in [4.69, 9.17) is 16.3 Å². The molecule has 1 aliphatic rings. The third-order valence-electron chi connectivity index (χ3n) is 4.36. The summed E-state index contributed by atoms with van der Waals surface area (Å²) >= 11 is 3.40. The first-order valence-electron chi connectivity index (χ1n) is 8.46. The molecule has 1 amide bonds. The summed E-state index contributed by atoms with van der Waals surface area (Å²) in [6, 6.07) is 8.94. The van der Waals surface area contributed by atoms with Crippen LogP contribution in [0.25, 0.3) is 0 Å². The number of hydrogen-bond donors (Lipinski definition) is 2. The summed E-state index contributed by atoms with van der Waals surface area (Å²) in [5.41, 5.74) is 7.40. The zero-order valence-electron chi connectivity index (χ0n) is 14.0. The van der Waals surface area contributed by atoms with Gasteiger partial charge in [0, 0.05) is 17.6 Å². The molecule has 25 heavy (non-hydrogen) atoms. The van der Waals surface area contributed by atoms with Crippen molar-refractivity contribution >= 4 is 27.5 Å². The maximum atomic E-state index is 12.3. The lowest BCUT2D eigenvalue weighted by atomic mass is 10.1. The predicted octanol–water partition coefficient (Wildman–Crippen LogP) is 2.74. The van der Waals surface area contributed by atoms with Crippen molar-refractivity contribution in [2.24, 2.45) is 5.73 Å². The lowest BCUT2D eigenvalue weighted by molar-refractivity contribution is -0.132. The quantitative estimate of drug-likeness (QED) is 0.680. The van der Waals surface area contributed by atoms with Crippen LogP contribution in [-0.2, 0) is 4.79 Å². The standard InChI is InChI=1S/C18H22BrN5O/c19-14-7-6-13(11-20)17(10-14)23-8-2-1-5-16(22)18(25)24-9-3-4-15(24)12-21/h6-7,10,15-16,23H,1-5,8-9,22H2/t15-,16-/m0/s1. The van der Waals surface area contributed by atoms with Crippen molar-refractivity contribution in [1.29, 1.82) is 10.5 Å². The van der Waals surface area contributed by atoms with Crippen LogP contribution in [0.4, 0.5) is 5.69 Å². The maximum absolute atomic E-state index is 12.3. The van der Waals surface area contributed by atoms with E-state index in [2.05, 4.69) is 33.4 Å². The summed E-state index contributed by atoms with van der Waals surface area (Å²) in [7, 11) is 0. The van der Waals surface area contributed by atoms with Gasteiger partial charge in [-0.3, -0.25) is 4.79 Å². The van der Waals surface area contributed by atoms with Crippen molar-refractivity contribution in [2.75, 3.05) is 18.4 Å². The molecule has 1 fully saturated rings. The zero-order valence-corrected chi connectivity index (χ0v) is 15.6. The minimum absolute atomic E-state index is 0.115. The fourth-order valence-electron chi connectivity index (χ4n) is 2.97. The number of carbonyl (C=O) groups excluding carboxylic acids is 1. The van der Waals surface area contributed by atoms with Gasteiger partial charge in [-0.05, 0) is 50.3 Å². The molecule has 0 radical (unpaired) electrons. The molecule has 6 nitrogen and oxygen atoms in total. The van der Waals surface area contributed by atoms with E-state index in [-0.39, 0.29) is 11.9 Å². The second-order valence-electron chi connectivity index (χ2n) is 6.15. The average Bonchev–Trinajstić information content (AvgIpc) is 3.09. The van der Waals surface area contributed by atoms with E-state index in [0.29, 0.717) is 25.1 Å². The van der Waals surface area contributed by atoms with Crippen LogP contribution in [0, 0.1) is 22.7 Å². The molecule has 1 saturated heterocycles. The third kappa shape index (κ3) is 5.19. The van der Waals surface area contributed by atoms with E-state index in [0.717, 1.165) is 35.8 Å². The summed E-state index contributed by atoms with van der Waals surface area (Å²) in [5, 5.41) is 21.4. The van der Waals surface area contributed by atoms with Crippen LogP contribution in [-0.4, -0.2) is 36.0 Å². The summed E-state index contributed by atoms with van der Waals surface area (Å²) in [4.78, 5) is 13.9. The molecule has 1 aromatic rings. The molecule has 132 valence electrons. The average molecular weight is 404 g/mol. The number of nitriles is 2. The number of nitrogens with two attached hydrogens (primary N) is 1. The number of carbonyl (C=O) groups is 1. The topological polar surface area (TPSA) is 106 Å². The predicted molar refractivity (Wildman–Crippen MR) is 99.5 cm³/mol. The van der Waals surface area contributed by atoms with Crippen molar-refractivity contribution in [3.63, 3.8) is 0 Å². The van der Waals surface area contributed by atoms with Gasteiger partial charge in [0.25, 0.3) is 0 Å². The first-order valence-corrected chi connectivity index (χ1v) is 9.25. The summed E-state index contributed by atoms with van der Waals surface area (Å²) in [5.74, 6) is -0.115. The molecule has 3 N–H and O–H groups in total. The molecular formula is C18H22BrN5O. The second-order valence-corrected chi connectivity index (χ2v) is 7.07. The third-order valence-corrected chi connectivity index (χ3v) is 4.85. The SMILES string of the molecule is N#Cc1ccc(Br)cc1NCCCC[C@H](N)C(=O)N1CCC[C@H]1C#N. The molecule has 0 aliphatic carbocycles. The number of halogens is 1. The highest BCUT2D eigenvalue weighted by Crippen LogP contribution is 2.21. The molecule has 0 bridgehead atoms. The van der Waals surface area contributed by atoms with Gasteiger partial charge in [0.1, 0.15) is 12.1 Å². The van der Waals surface area contributed by atoms with Crippen LogP contribution >= 0.6 is 15.9 Å². The van der Waals surface area contributed by atoms with Crippen molar-refractivity contribution in [3.05, 3.63) is 28.2 Å². The lowest BCUT2D eigenvalue weighted by Gasteiger charge is -2.23. The number of unbranched alkanes of at least 4 members (excludes halogenated alkanes) is 1. The number of amides is 1. The summed E-state index contributed by atoms with van der Waals surface area (Å²) in [6.45, 7) is 1.34. The Morgan fingerprint density at radius 2 is 2.24 bits per heavy atom. The Labute approximate surface area is 156 Å². The Morgan fingerprint density at radius 1 is 1.44 bits per heavy atom. The molecule has 2 atom stereocenters. The van der Waals surface area contributed by atoms with E-state index in [1.54, 1.807) is 11.0 Å². The fraction of sp³-hybridized carbons (Fsp3) is 0.500. The molecule has 0 spiro atoms. The molecule has 7 heteroatoms. The molecule has 1 aliphatic heterocycles. The Hall–Kier alpha value is -2.09. The van der Waals surface area contributed by atoms with Crippen LogP contribution in [0.3, 0.4) is 0 Å². The zero-order chi connectivity index (χ0) is 18.2. The van der Waals surface area contributed by atoms with Gasteiger partial charge < -0.3 is 16.0 Å². The van der Waals surface area contributed by atoms with Gasteiger partial charge in [-0.1, -0.05) is 15.9 Å². The van der Waals surface area contributed by atoms with Crippen molar-refractivity contribution in [3.8, 4) is 12.1 Å². The molecule has 0 unspecified atom stereocenters. The Kier molecular flexibility index (Phi) is 7.24. The fourth-order valence-corrected chi connectivity index (χ4v) is 3.33. The molecule has 0 aromatic heterocycles. The first kappa shape index (κ1) is 19.2. The maximum Gasteiger partial charge on any atom is 0.240 e. The van der Waals surface area contributed by atoms with Crippen LogP contribution in [0.2, 0.25) is 0 Å². The monoisotopic (exact) mass is 403 g/mol. The van der Waals surface area contributed by atoms with E-state index in [1.165, 1.54) is 0 Å². The first-order chi connectivity index (χ1) is 12.1. The number of rotatable bonds is 7. The largest absolute Gasteiger partial charge is 0.384 e. The van der Waals surface area contributed by atoms with Gasteiger partial charge in [0.15, 0.2) is 0 Å². The Balaban J connectivity index is 1.73. The van der Waals surface area contributed by atoms with E-state index < -0.39 is 6.04 Å². The normalized spacial score (nSPS) is 17.6. The van der Waals surface area contributed by atoms with Crippen molar-refractivity contribution in [2.45, 2.75) is 44.2 Å². The van der Waals surface area contributed by atoms with Gasteiger partial charge in [-0.2, -0.15) is 10.5 Å². The lowest BCUT2D eigenvalue weighted by Crippen LogP contribution is -2.45. The molecule has 1 aromatic carbocycles. The van der Waals surface area contributed by atoms with Gasteiger partial charge in [0.2, 0.25) is 5.91 Å². The number of benzene rings is 1. The van der Waals surface area contributed by atoms with Gasteiger partial charge >= 0.3 is 0 Å². The number of hydrogen-bond acceptors (Lipinski definition) is 5. The minimum atomic E-state index is -0.547. The van der Waals surface area contributed by atoms with E-state index in [9.17, 15) is 4.79 Å².